The molecule has 0 aromatic carbocycles. The highest BCUT2D eigenvalue weighted by Crippen LogP contribution is 2.19. The molecule has 1 heterocycles. The van der Waals surface area contributed by atoms with Gasteiger partial charge >= 0.3 is 12.1 Å². The quantitative estimate of drug-likeness (QED) is 0.533. The summed E-state index contributed by atoms with van der Waals surface area (Å²) in [7, 11) is 0. The first-order chi connectivity index (χ1) is 10.4. The normalized spacial score (nSPS) is 16.2. The van der Waals surface area contributed by atoms with Crippen LogP contribution in [0, 0.1) is 17.8 Å². The van der Waals surface area contributed by atoms with Gasteiger partial charge in [0, 0.05) is 13.1 Å². The number of hydrogen-bond donors (Lipinski definition) is 0. The fraction of sp³-hybridized carbons (Fsp3) is 0.882. The van der Waals surface area contributed by atoms with Gasteiger partial charge in [-0.05, 0) is 37.5 Å². The van der Waals surface area contributed by atoms with Gasteiger partial charge in [0.25, 0.3) is 0 Å². The lowest BCUT2D eigenvalue weighted by molar-refractivity contribution is -0.150. The molecule has 128 valence electrons. The predicted molar refractivity (Wildman–Crippen MR) is 85.5 cm³/mol. The van der Waals surface area contributed by atoms with Crippen LogP contribution >= 0.6 is 0 Å². The van der Waals surface area contributed by atoms with Gasteiger partial charge in [0.1, 0.15) is 0 Å². The van der Waals surface area contributed by atoms with E-state index in [-0.39, 0.29) is 18.0 Å². The van der Waals surface area contributed by atoms with Crippen molar-refractivity contribution in [3.8, 4) is 0 Å². The first-order valence-corrected chi connectivity index (χ1v) is 8.48. The molecule has 5 nitrogen and oxygen atoms in total. The molecule has 0 aliphatic carbocycles. The Morgan fingerprint density at radius 1 is 1.05 bits per heavy atom. The van der Waals surface area contributed by atoms with E-state index in [0.29, 0.717) is 51.0 Å². The molecule has 22 heavy (non-hydrogen) atoms. The smallest absolute Gasteiger partial charge is 0.409 e. The van der Waals surface area contributed by atoms with Crippen LogP contribution in [0.15, 0.2) is 0 Å². The van der Waals surface area contributed by atoms with Crippen molar-refractivity contribution in [3.63, 3.8) is 0 Å². The van der Waals surface area contributed by atoms with Crippen molar-refractivity contribution < 1.29 is 19.1 Å². The Bertz CT molecular complexity index is 347. The van der Waals surface area contributed by atoms with Crippen molar-refractivity contribution in [1.29, 1.82) is 0 Å². The molecule has 0 spiro atoms. The average Bonchev–Trinajstić information content (AvgIpc) is 2.49. The predicted octanol–water partition coefficient (Wildman–Crippen LogP) is 3.47. The van der Waals surface area contributed by atoms with Gasteiger partial charge < -0.3 is 14.4 Å². The van der Waals surface area contributed by atoms with Crippen LogP contribution in [0.3, 0.4) is 0 Å². The van der Waals surface area contributed by atoms with E-state index in [1.807, 2.05) is 13.8 Å². The molecule has 0 unspecified atom stereocenters. The van der Waals surface area contributed by atoms with Gasteiger partial charge in [-0.3, -0.25) is 4.79 Å². The van der Waals surface area contributed by atoms with Crippen molar-refractivity contribution in [3.05, 3.63) is 0 Å². The third kappa shape index (κ3) is 7.14. The Morgan fingerprint density at radius 3 is 2.23 bits per heavy atom. The van der Waals surface area contributed by atoms with Crippen LogP contribution in [0.4, 0.5) is 4.79 Å². The summed E-state index contributed by atoms with van der Waals surface area (Å²) in [5.41, 5.74) is 0. The molecule has 1 amide bonds. The molecule has 0 N–H and O–H groups in total. The number of likely N-dealkylation sites (tertiary alicyclic amines) is 1. The molecule has 1 saturated heterocycles. The molecule has 1 aliphatic heterocycles. The van der Waals surface area contributed by atoms with Crippen molar-refractivity contribution >= 4 is 12.1 Å². The van der Waals surface area contributed by atoms with Crippen LogP contribution in [-0.4, -0.2) is 43.3 Å². The highest BCUT2D eigenvalue weighted by Gasteiger charge is 2.29. The summed E-state index contributed by atoms with van der Waals surface area (Å²) >= 11 is 0. The maximum atomic E-state index is 12.0. The van der Waals surface area contributed by atoms with Gasteiger partial charge in [0.05, 0.1) is 19.1 Å². The molecule has 1 rings (SSSR count). The number of hydrogen-bond acceptors (Lipinski definition) is 4. The summed E-state index contributed by atoms with van der Waals surface area (Å²) in [5.74, 6) is 0.785. The van der Waals surface area contributed by atoms with Gasteiger partial charge in [-0.2, -0.15) is 0 Å². The zero-order valence-electron chi connectivity index (χ0n) is 14.5. The summed E-state index contributed by atoms with van der Waals surface area (Å²) in [6.45, 7) is 10.4. The maximum Gasteiger partial charge on any atom is 0.409 e. The number of rotatable bonds is 7. The summed E-state index contributed by atoms with van der Waals surface area (Å²) in [4.78, 5) is 25.5. The Balaban J connectivity index is 2.21. The number of ether oxygens (including phenoxy) is 2. The highest BCUT2D eigenvalue weighted by molar-refractivity contribution is 5.73. The topological polar surface area (TPSA) is 55.8 Å². The van der Waals surface area contributed by atoms with Crippen LogP contribution in [0.1, 0.15) is 53.4 Å². The first-order valence-electron chi connectivity index (χ1n) is 8.48. The van der Waals surface area contributed by atoms with E-state index in [2.05, 4.69) is 13.8 Å². The molecule has 0 aromatic heterocycles. The Kier molecular flexibility index (Phi) is 8.28. The number of esters is 1. The molecule has 1 fully saturated rings. The molecule has 5 heteroatoms. The lowest BCUT2D eigenvalue weighted by Crippen LogP contribution is -2.41. The van der Waals surface area contributed by atoms with Crippen LogP contribution < -0.4 is 0 Å². The van der Waals surface area contributed by atoms with E-state index in [1.54, 1.807) is 4.90 Å². The largest absolute Gasteiger partial charge is 0.465 e. The fourth-order valence-electron chi connectivity index (χ4n) is 2.41. The number of piperidine rings is 1. The number of carbonyl (C=O) groups excluding carboxylic acids is 2. The number of carbonyl (C=O) groups is 2. The van der Waals surface area contributed by atoms with Gasteiger partial charge in [-0.25, -0.2) is 4.79 Å². The van der Waals surface area contributed by atoms with Crippen LogP contribution in [0.2, 0.25) is 0 Å². The fourth-order valence-corrected chi connectivity index (χ4v) is 2.41. The van der Waals surface area contributed by atoms with E-state index in [9.17, 15) is 9.59 Å². The molecule has 1 aliphatic rings. The van der Waals surface area contributed by atoms with Crippen molar-refractivity contribution in [2.45, 2.75) is 53.4 Å². The second kappa shape index (κ2) is 9.70. The van der Waals surface area contributed by atoms with Gasteiger partial charge in [-0.1, -0.05) is 27.7 Å². The van der Waals surface area contributed by atoms with Crippen LogP contribution in [0.25, 0.3) is 0 Å². The molecule has 0 saturated carbocycles. The number of nitrogens with zero attached hydrogens (tertiary/aromatic N) is 1. The second-order valence-corrected chi connectivity index (χ2v) is 6.94. The first kappa shape index (κ1) is 18.8. The molecular formula is C17H31NO4. The molecule has 0 bridgehead atoms. The standard InChI is InChI=1S/C17H31NO4/c1-13(2)6-5-11-21-16(19)15-7-9-18(10-8-15)17(20)22-12-14(3)4/h13-15H,5-12H2,1-4H3. The molecule has 0 radical (unpaired) electrons. The molecular weight excluding hydrogens is 282 g/mol. The lowest BCUT2D eigenvalue weighted by Gasteiger charge is -2.30. The highest BCUT2D eigenvalue weighted by atomic mass is 16.6. The lowest BCUT2D eigenvalue weighted by atomic mass is 9.97. The van der Waals surface area contributed by atoms with Crippen molar-refractivity contribution in [2.75, 3.05) is 26.3 Å². The SMILES string of the molecule is CC(C)CCCOC(=O)C1CCN(C(=O)OCC(C)C)CC1. The van der Waals surface area contributed by atoms with Gasteiger partial charge in [0.2, 0.25) is 0 Å². The molecule has 0 aromatic rings. The van der Waals surface area contributed by atoms with Gasteiger partial charge in [0.15, 0.2) is 0 Å². The monoisotopic (exact) mass is 313 g/mol. The van der Waals surface area contributed by atoms with E-state index in [1.165, 1.54) is 0 Å². The van der Waals surface area contributed by atoms with Crippen molar-refractivity contribution in [2.24, 2.45) is 17.8 Å². The average molecular weight is 313 g/mol. The van der Waals surface area contributed by atoms with E-state index >= 15 is 0 Å². The Morgan fingerprint density at radius 2 is 1.68 bits per heavy atom. The van der Waals surface area contributed by atoms with E-state index in [0.717, 1.165) is 12.8 Å². The Hall–Kier alpha value is -1.26. The third-order valence-corrected chi connectivity index (χ3v) is 3.80. The second-order valence-electron chi connectivity index (χ2n) is 6.94. The van der Waals surface area contributed by atoms with E-state index < -0.39 is 0 Å². The van der Waals surface area contributed by atoms with Crippen LogP contribution in [0.5, 0.6) is 0 Å². The van der Waals surface area contributed by atoms with Crippen LogP contribution in [-0.2, 0) is 14.3 Å². The minimum Gasteiger partial charge on any atom is -0.465 e. The minimum absolute atomic E-state index is 0.0757. The summed E-state index contributed by atoms with van der Waals surface area (Å²) in [6.07, 6.45) is 3.06. The van der Waals surface area contributed by atoms with E-state index in [4.69, 9.17) is 9.47 Å². The summed E-state index contributed by atoms with van der Waals surface area (Å²) < 4.78 is 10.5. The van der Waals surface area contributed by atoms with Gasteiger partial charge in [-0.15, -0.1) is 0 Å². The maximum absolute atomic E-state index is 12.0. The third-order valence-electron chi connectivity index (χ3n) is 3.80. The summed E-state index contributed by atoms with van der Waals surface area (Å²) in [5, 5.41) is 0. The van der Waals surface area contributed by atoms with Crippen molar-refractivity contribution in [1.82, 2.24) is 4.90 Å². The number of amides is 1. The Labute approximate surface area is 134 Å². The zero-order chi connectivity index (χ0) is 16.5. The minimum atomic E-state index is -0.266. The summed E-state index contributed by atoms with van der Waals surface area (Å²) in [6, 6.07) is 0. The molecule has 0 atom stereocenters. The zero-order valence-corrected chi connectivity index (χ0v) is 14.5.